The van der Waals surface area contributed by atoms with Gasteiger partial charge in [0.1, 0.15) is 5.82 Å². The number of nitrogens with one attached hydrogen (secondary N) is 2. The van der Waals surface area contributed by atoms with Crippen LogP contribution in [0.1, 0.15) is 12.2 Å². The Hall–Kier alpha value is -1.40. The van der Waals surface area contributed by atoms with Crippen LogP contribution < -0.4 is 10.6 Å². The maximum absolute atomic E-state index is 11.8. The van der Waals surface area contributed by atoms with Crippen LogP contribution in [0, 0.1) is 0 Å². The van der Waals surface area contributed by atoms with Crippen molar-refractivity contribution in [3.8, 4) is 0 Å². The van der Waals surface area contributed by atoms with Crippen LogP contribution in [0.5, 0.6) is 0 Å². The first-order valence-corrected chi connectivity index (χ1v) is 6.41. The first-order valence-electron chi connectivity index (χ1n) is 6.41. The van der Waals surface area contributed by atoms with Crippen molar-refractivity contribution in [2.24, 2.45) is 7.05 Å². The zero-order valence-electron chi connectivity index (χ0n) is 10.9. The highest BCUT2D eigenvalue weighted by Crippen LogP contribution is 1.96. The highest BCUT2D eigenvalue weighted by atomic mass is 16.2. The molecule has 0 aliphatic carbocycles. The number of aromatic nitrogens is 2. The summed E-state index contributed by atoms with van der Waals surface area (Å²) in [7, 11) is 1.93. The van der Waals surface area contributed by atoms with E-state index in [0.29, 0.717) is 13.1 Å². The molecule has 0 aromatic carbocycles. The molecule has 1 fully saturated rings. The van der Waals surface area contributed by atoms with Gasteiger partial charge in [0.25, 0.3) is 0 Å². The zero-order chi connectivity index (χ0) is 12.8. The Bertz CT molecular complexity index is 382. The lowest BCUT2D eigenvalue weighted by molar-refractivity contribution is -0.122. The summed E-state index contributed by atoms with van der Waals surface area (Å²) in [6.07, 6.45) is 4.72. The topological polar surface area (TPSA) is 62.2 Å². The van der Waals surface area contributed by atoms with Crippen molar-refractivity contribution in [2.45, 2.75) is 13.0 Å². The summed E-state index contributed by atoms with van der Waals surface area (Å²) in [4.78, 5) is 18.2. The SMILES string of the molecule is Cn1ccnc1CNC(=O)CN1CCCNCC1. The largest absolute Gasteiger partial charge is 0.348 e. The van der Waals surface area contributed by atoms with E-state index in [1.54, 1.807) is 6.20 Å². The minimum absolute atomic E-state index is 0.0694. The molecule has 1 aliphatic rings. The maximum Gasteiger partial charge on any atom is 0.234 e. The third-order valence-electron chi connectivity index (χ3n) is 3.16. The zero-order valence-corrected chi connectivity index (χ0v) is 10.9. The molecule has 6 nitrogen and oxygen atoms in total. The van der Waals surface area contributed by atoms with Gasteiger partial charge in [0.2, 0.25) is 5.91 Å². The van der Waals surface area contributed by atoms with Gasteiger partial charge in [0, 0.05) is 32.5 Å². The van der Waals surface area contributed by atoms with Crippen molar-refractivity contribution >= 4 is 5.91 Å². The van der Waals surface area contributed by atoms with E-state index in [0.717, 1.165) is 38.4 Å². The average Bonchev–Trinajstić information content (AvgIpc) is 2.61. The minimum atomic E-state index is 0.0694. The van der Waals surface area contributed by atoms with Gasteiger partial charge < -0.3 is 15.2 Å². The summed E-state index contributed by atoms with van der Waals surface area (Å²) in [6.45, 7) is 4.91. The smallest absolute Gasteiger partial charge is 0.234 e. The molecule has 0 spiro atoms. The van der Waals surface area contributed by atoms with E-state index in [1.807, 2.05) is 17.8 Å². The minimum Gasteiger partial charge on any atom is -0.348 e. The van der Waals surface area contributed by atoms with Gasteiger partial charge in [-0.05, 0) is 19.5 Å². The molecule has 2 rings (SSSR count). The van der Waals surface area contributed by atoms with Crippen molar-refractivity contribution < 1.29 is 4.79 Å². The van der Waals surface area contributed by atoms with Gasteiger partial charge >= 0.3 is 0 Å². The Labute approximate surface area is 107 Å². The molecule has 1 amide bonds. The van der Waals surface area contributed by atoms with Crippen LogP contribution in [-0.4, -0.2) is 53.1 Å². The van der Waals surface area contributed by atoms with E-state index in [-0.39, 0.29) is 5.91 Å². The first-order chi connectivity index (χ1) is 8.75. The van der Waals surface area contributed by atoms with Crippen molar-refractivity contribution in [1.82, 2.24) is 25.1 Å². The monoisotopic (exact) mass is 251 g/mol. The molecule has 100 valence electrons. The molecule has 1 aromatic rings. The lowest BCUT2D eigenvalue weighted by atomic mass is 10.4. The Morgan fingerprint density at radius 1 is 1.50 bits per heavy atom. The lowest BCUT2D eigenvalue weighted by Gasteiger charge is -2.18. The second-order valence-corrected chi connectivity index (χ2v) is 4.61. The first kappa shape index (κ1) is 13.0. The average molecular weight is 251 g/mol. The fourth-order valence-corrected chi connectivity index (χ4v) is 2.06. The van der Waals surface area contributed by atoms with Gasteiger partial charge in [-0.1, -0.05) is 0 Å². The fourth-order valence-electron chi connectivity index (χ4n) is 2.06. The summed E-state index contributed by atoms with van der Waals surface area (Å²) < 4.78 is 1.91. The lowest BCUT2D eigenvalue weighted by Crippen LogP contribution is -2.38. The summed E-state index contributed by atoms with van der Waals surface area (Å²) in [6, 6.07) is 0. The summed E-state index contributed by atoms with van der Waals surface area (Å²) in [5.41, 5.74) is 0. The van der Waals surface area contributed by atoms with E-state index in [1.165, 1.54) is 0 Å². The molecule has 6 heteroatoms. The maximum atomic E-state index is 11.8. The summed E-state index contributed by atoms with van der Waals surface area (Å²) in [5.74, 6) is 0.945. The molecule has 0 saturated carbocycles. The Morgan fingerprint density at radius 3 is 3.17 bits per heavy atom. The van der Waals surface area contributed by atoms with Crippen LogP contribution in [0.4, 0.5) is 0 Å². The van der Waals surface area contributed by atoms with Crippen LogP contribution in [0.15, 0.2) is 12.4 Å². The predicted octanol–water partition coefficient (Wildman–Crippen LogP) is -0.668. The van der Waals surface area contributed by atoms with E-state index in [4.69, 9.17) is 0 Å². The number of nitrogens with zero attached hydrogens (tertiary/aromatic N) is 3. The molecule has 2 N–H and O–H groups in total. The Morgan fingerprint density at radius 2 is 2.39 bits per heavy atom. The molecule has 1 saturated heterocycles. The van der Waals surface area contributed by atoms with Crippen LogP contribution in [0.25, 0.3) is 0 Å². The number of imidazole rings is 1. The van der Waals surface area contributed by atoms with E-state index in [2.05, 4.69) is 20.5 Å². The number of hydrogen-bond donors (Lipinski definition) is 2. The summed E-state index contributed by atoms with van der Waals surface area (Å²) >= 11 is 0. The van der Waals surface area contributed by atoms with Gasteiger partial charge in [0.05, 0.1) is 13.1 Å². The normalized spacial score (nSPS) is 17.4. The molecule has 0 atom stereocenters. The van der Waals surface area contributed by atoms with Crippen LogP contribution >= 0.6 is 0 Å². The molecule has 1 aliphatic heterocycles. The van der Waals surface area contributed by atoms with E-state index >= 15 is 0 Å². The van der Waals surface area contributed by atoms with E-state index < -0.39 is 0 Å². The van der Waals surface area contributed by atoms with Gasteiger partial charge in [0.15, 0.2) is 0 Å². The Kier molecular flexibility index (Phi) is 4.72. The molecule has 1 aromatic heterocycles. The second-order valence-electron chi connectivity index (χ2n) is 4.61. The molecule has 0 radical (unpaired) electrons. The number of aryl methyl sites for hydroxylation is 1. The van der Waals surface area contributed by atoms with Crippen LogP contribution in [0.3, 0.4) is 0 Å². The second kappa shape index (κ2) is 6.51. The molecule has 2 heterocycles. The summed E-state index contributed by atoms with van der Waals surface area (Å²) in [5, 5.41) is 6.23. The number of carbonyl (C=O) groups excluding carboxylic acids is 1. The number of carbonyl (C=O) groups is 1. The molecule has 0 unspecified atom stereocenters. The van der Waals surface area contributed by atoms with Crippen LogP contribution in [0.2, 0.25) is 0 Å². The Balaban J connectivity index is 1.73. The van der Waals surface area contributed by atoms with Crippen molar-refractivity contribution in [1.29, 1.82) is 0 Å². The highest BCUT2D eigenvalue weighted by Gasteiger charge is 2.12. The predicted molar refractivity (Wildman–Crippen MR) is 69.0 cm³/mol. The van der Waals surface area contributed by atoms with Gasteiger partial charge in [-0.15, -0.1) is 0 Å². The number of amides is 1. The van der Waals surface area contributed by atoms with Gasteiger partial charge in [-0.25, -0.2) is 4.98 Å². The highest BCUT2D eigenvalue weighted by molar-refractivity contribution is 5.77. The number of rotatable bonds is 4. The van der Waals surface area contributed by atoms with Crippen LogP contribution in [-0.2, 0) is 18.4 Å². The van der Waals surface area contributed by atoms with E-state index in [9.17, 15) is 4.79 Å². The van der Waals surface area contributed by atoms with Crippen molar-refractivity contribution in [3.63, 3.8) is 0 Å². The fraction of sp³-hybridized carbons (Fsp3) is 0.667. The third kappa shape index (κ3) is 3.82. The molecular formula is C12H21N5O. The van der Waals surface area contributed by atoms with Gasteiger partial charge in [-0.3, -0.25) is 9.69 Å². The van der Waals surface area contributed by atoms with Crippen molar-refractivity contribution in [2.75, 3.05) is 32.7 Å². The molecule has 18 heavy (non-hydrogen) atoms. The van der Waals surface area contributed by atoms with Crippen molar-refractivity contribution in [3.05, 3.63) is 18.2 Å². The molecule has 0 bridgehead atoms. The number of hydrogen-bond acceptors (Lipinski definition) is 4. The standard InChI is InChI=1S/C12H21N5O/c1-16-7-5-14-11(16)9-15-12(18)10-17-6-2-3-13-4-8-17/h5,7,13H,2-4,6,8-10H2,1H3,(H,15,18). The van der Waals surface area contributed by atoms with Gasteiger partial charge in [-0.2, -0.15) is 0 Å². The molecular weight excluding hydrogens is 230 g/mol. The quantitative estimate of drug-likeness (QED) is 0.745. The third-order valence-corrected chi connectivity index (χ3v) is 3.16.